The van der Waals surface area contributed by atoms with Crippen LogP contribution in [-0.4, -0.2) is 19.7 Å². The van der Waals surface area contributed by atoms with Crippen molar-refractivity contribution in [3.63, 3.8) is 0 Å². The minimum Gasteiger partial charge on any atom is -0.497 e. The first-order chi connectivity index (χ1) is 7.20. The Morgan fingerprint density at radius 2 is 2.40 bits per heavy atom. The number of nitrogens with one attached hydrogen (secondary N) is 1. The zero-order chi connectivity index (χ0) is 10.8. The van der Waals surface area contributed by atoms with Crippen molar-refractivity contribution >= 4 is 6.09 Å². The van der Waals surface area contributed by atoms with Crippen LogP contribution in [0.5, 0.6) is 5.75 Å². The van der Waals surface area contributed by atoms with Crippen LogP contribution in [0.1, 0.15) is 11.7 Å². The maximum Gasteiger partial charge on any atom is 0.407 e. The average Bonchev–Trinajstić information content (AvgIpc) is 2.64. The zero-order valence-corrected chi connectivity index (χ0v) is 8.12. The van der Waals surface area contributed by atoms with Gasteiger partial charge in [0.15, 0.2) is 0 Å². The molecule has 1 fully saturated rings. The van der Waals surface area contributed by atoms with E-state index in [1.807, 2.05) is 0 Å². The van der Waals surface area contributed by atoms with Gasteiger partial charge in [-0.2, -0.15) is 0 Å². The Morgan fingerprint density at radius 1 is 1.60 bits per heavy atom. The molecule has 80 valence electrons. The number of carbonyl (C=O) groups excluding carboxylic acids is 1. The first-order valence-electron chi connectivity index (χ1n) is 4.48. The number of carbonyl (C=O) groups is 1. The highest BCUT2D eigenvalue weighted by atomic mass is 19.1. The lowest BCUT2D eigenvalue weighted by Gasteiger charge is -2.10. The maximum atomic E-state index is 13.5. The molecule has 1 aliphatic heterocycles. The highest BCUT2D eigenvalue weighted by molar-refractivity contribution is 5.69. The fourth-order valence-electron chi connectivity index (χ4n) is 1.46. The van der Waals surface area contributed by atoms with Gasteiger partial charge in [0.2, 0.25) is 0 Å². The fraction of sp³-hybridized carbons (Fsp3) is 0.300. The molecule has 0 bridgehead atoms. The van der Waals surface area contributed by atoms with Gasteiger partial charge in [0.1, 0.15) is 17.7 Å². The topological polar surface area (TPSA) is 47.6 Å². The highest BCUT2D eigenvalue weighted by Crippen LogP contribution is 2.26. The summed E-state index contributed by atoms with van der Waals surface area (Å²) in [6.45, 7) is 0.294. The molecule has 4 nitrogen and oxygen atoms in total. The number of hydrogen-bond donors (Lipinski definition) is 1. The van der Waals surface area contributed by atoms with Crippen LogP contribution < -0.4 is 10.1 Å². The second kappa shape index (κ2) is 3.76. The van der Waals surface area contributed by atoms with Gasteiger partial charge >= 0.3 is 6.09 Å². The summed E-state index contributed by atoms with van der Waals surface area (Å²) in [5.41, 5.74) is 0.356. The first kappa shape index (κ1) is 9.76. The third-order valence-corrected chi connectivity index (χ3v) is 2.24. The van der Waals surface area contributed by atoms with E-state index in [0.29, 0.717) is 17.9 Å². The molecular formula is C10H10FNO3. The summed E-state index contributed by atoms with van der Waals surface area (Å²) >= 11 is 0. The summed E-state index contributed by atoms with van der Waals surface area (Å²) in [5.74, 6) is 0.00406. The van der Waals surface area contributed by atoms with Crippen molar-refractivity contribution in [3.8, 4) is 5.75 Å². The Morgan fingerprint density at radius 3 is 2.93 bits per heavy atom. The summed E-state index contributed by atoms with van der Waals surface area (Å²) in [4.78, 5) is 10.8. The third-order valence-electron chi connectivity index (χ3n) is 2.24. The van der Waals surface area contributed by atoms with Crippen molar-refractivity contribution in [3.05, 3.63) is 29.6 Å². The molecule has 1 aromatic carbocycles. The molecule has 5 heteroatoms. The van der Waals surface area contributed by atoms with Gasteiger partial charge in [0.25, 0.3) is 0 Å². The first-order valence-corrected chi connectivity index (χ1v) is 4.48. The fourth-order valence-corrected chi connectivity index (χ4v) is 1.46. The Labute approximate surface area is 86.0 Å². The average molecular weight is 211 g/mol. The van der Waals surface area contributed by atoms with Gasteiger partial charge in [-0.25, -0.2) is 9.18 Å². The number of ether oxygens (including phenoxy) is 2. The Kier molecular flexibility index (Phi) is 2.45. The van der Waals surface area contributed by atoms with Crippen molar-refractivity contribution in [2.75, 3.05) is 13.7 Å². The number of cyclic esters (lactones) is 1. The summed E-state index contributed by atoms with van der Waals surface area (Å²) in [5, 5.41) is 2.46. The Bertz CT molecular complexity index is 394. The van der Waals surface area contributed by atoms with Gasteiger partial charge in [-0.15, -0.1) is 0 Å². The van der Waals surface area contributed by atoms with Crippen LogP contribution in [0.3, 0.4) is 0 Å². The third kappa shape index (κ3) is 1.86. The van der Waals surface area contributed by atoms with Crippen LogP contribution in [0.25, 0.3) is 0 Å². The molecule has 1 saturated heterocycles. The van der Waals surface area contributed by atoms with Gasteiger partial charge in [0.05, 0.1) is 13.7 Å². The number of alkyl carbamates (subject to hydrolysis) is 1. The molecular weight excluding hydrogens is 201 g/mol. The van der Waals surface area contributed by atoms with E-state index in [0.717, 1.165) is 0 Å². The van der Waals surface area contributed by atoms with E-state index < -0.39 is 18.0 Å². The van der Waals surface area contributed by atoms with Crippen molar-refractivity contribution in [1.29, 1.82) is 0 Å². The van der Waals surface area contributed by atoms with E-state index in [-0.39, 0.29) is 0 Å². The van der Waals surface area contributed by atoms with Crippen molar-refractivity contribution < 1.29 is 18.7 Å². The molecule has 1 heterocycles. The van der Waals surface area contributed by atoms with Crippen LogP contribution >= 0.6 is 0 Å². The van der Waals surface area contributed by atoms with Gasteiger partial charge in [-0.1, -0.05) is 0 Å². The maximum absolute atomic E-state index is 13.5. The van der Waals surface area contributed by atoms with Gasteiger partial charge in [0, 0.05) is 11.6 Å². The van der Waals surface area contributed by atoms with Crippen molar-refractivity contribution in [2.24, 2.45) is 0 Å². The SMILES string of the molecule is COc1ccc(C2CNC(=O)O2)c(F)c1. The van der Waals surface area contributed by atoms with E-state index in [2.05, 4.69) is 5.32 Å². The predicted molar refractivity (Wildman–Crippen MR) is 50.2 cm³/mol. The second-order valence-electron chi connectivity index (χ2n) is 3.16. The summed E-state index contributed by atoms with van der Waals surface area (Å²) < 4.78 is 23.3. The van der Waals surface area contributed by atoms with Crippen LogP contribution in [-0.2, 0) is 4.74 Å². The highest BCUT2D eigenvalue weighted by Gasteiger charge is 2.26. The number of rotatable bonds is 2. The number of methoxy groups -OCH3 is 1. The van der Waals surface area contributed by atoms with Crippen molar-refractivity contribution in [1.82, 2.24) is 5.32 Å². The number of hydrogen-bond acceptors (Lipinski definition) is 3. The second-order valence-corrected chi connectivity index (χ2v) is 3.16. The summed E-state index contributed by atoms with van der Waals surface area (Å²) in [7, 11) is 1.46. The quantitative estimate of drug-likeness (QED) is 0.808. The van der Waals surface area contributed by atoms with Crippen LogP contribution in [0.4, 0.5) is 9.18 Å². The lowest BCUT2D eigenvalue weighted by molar-refractivity contribution is 0.139. The predicted octanol–water partition coefficient (Wildman–Crippen LogP) is 1.62. The molecule has 0 aliphatic carbocycles. The lowest BCUT2D eigenvalue weighted by Crippen LogP contribution is -2.12. The molecule has 0 spiro atoms. The van der Waals surface area contributed by atoms with E-state index in [9.17, 15) is 9.18 Å². The smallest absolute Gasteiger partial charge is 0.407 e. The standard InChI is InChI=1S/C10H10FNO3/c1-14-6-2-3-7(8(11)4-6)9-5-12-10(13)15-9/h2-4,9H,5H2,1H3,(H,12,13). The molecule has 1 aromatic rings. The number of benzene rings is 1. The van der Waals surface area contributed by atoms with Gasteiger partial charge < -0.3 is 14.8 Å². The normalized spacial score (nSPS) is 19.6. The minimum atomic E-state index is -0.552. The van der Waals surface area contributed by atoms with Crippen molar-refractivity contribution in [2.45, 2.75) is 6.10 Å². The molecule has 0 aromatic heterocycles. The van der Waals surface area contributed by atoms with Gasteiger partial charge in [-0.05, 0) is 12.1 Å². The summed E-state index contributed by atoms with van der Waals surface area (Å²) in [6, 6.07) is 4.45. The van der Waals surface area contributed by atoms with Gasteiger partial charge in [-0.3, -0.25) is 0 Å². The zero-order valence-electron chi connectivity index (χ0n) is 8.12. The van der Waals surface area contributed by atoms with E-state index in [4.69, 9.17) is 9.47 Å². The molecule has 2 rings (SSSR count). The molecule has 1 atom stereocenters. The van der Waals surface area contributed by atoms with Crippen LogP contribution in [0.15, 0.2) is 18.2 Å². The molecule has 15 heavy (non-hydrogen) atoms. The lowest BCUT2D eigenvalue weighted by atomic mass is 10.1. The molecule has 1 aliphatic rings. The van der Waals surface area contributed by atoms with E-state index in [1.165, 1.54) is 13.2 Å². The number of halogens is 1. The molecule has 0 radical (unpaired) electrons. The molecule has 0 saturated carbocycles. The van der Waals surface area contributed by atoms with Crippen LogP contribution in [0.2, 0.25) is 0 Å². The monoisotopic (exact) mass is 211 g/mol. The molecule has 1 amide bonds. The molecule has 1 N–H and O–H groups in total. The summed E-state index contributed by atoms with van der Waals surface area (Å²) in [6.07, 6.45) is -1.07. The van der Waals surface area contributed by atoms with Crippen LogP contribution in [0, 0.1) is 5.82 Å². The minimum absolute atomic E-state index is 0.294. The Balaban J connectivity index is 2.25. The largest absolute Gasteiger partial charge is 0.497 e. The van der Waals surface area contributed by atoms with E-state index >= 15 is 0 Å². The number of amides is 1. The Hall–Kier alpha value is -1.78. The molecule has 1 unspecified atom stereocenters. The van der Waals surface area contributed by atoms with E-state index in [1.54, 1.807) is 12.1 Å².